The molecule has 2 bridgehead atoms. The molecule has 0 aromatic carbocycles. The molecule has 1 unspecified atom stereocenters. The minimum atomic E-state index is -2.65. The van der Waals surface area contributed by atoms with E-state index in [1.165, 1.54) is 51.6 Å². The summed E-state index contributed by atoms with van der Waals surface area (Å²) in [5.74, 6) is 3.97. The summed E-state index contributed by atoms with van der Waals surface area (Å²) in [4.78, 5) is 2.56. The van der Waals surface area contributed by atoms with Gasteiger partial charge in [0, 0.05) is 18.1 Å². The van der Waals surface area contributed by atoms with Crippen LogP contribution >= 0.6 is 0 Å². The van der Waals surface area contributed by atoms with Crippen molar-refractivity contribution in [1.82, 2.24) is 10.2 Å². The van der Waals surface area contributed by atoms with Gasteiger partial charge >= 0.3 is 0 Å². The third-order valence-corrected chi connectivity index (χ3v) is 9.51. The molecule has 4 fully saturated rings. The van der Waals surface area contributed by atoms with Crippen molar-refractivity contribution in [3.8, 4) is 0 Å². The maximum Gasteiger partial charge on any atom is 0.150 e. The molecule has 0 spiro atoms. The van der Waals surface area contributed by atoms with Gasteiger partial charge in [0.05, 0.1) is 11.5 Å². The van der Waals surface area contributed by atoms with E-state index in [9.17, 15) is 8.42 Å². The number of hydrogen-bond donors (Lipinski definition) is 1. The number of hydrogen-bond acceptors (Lipinski definition) is 4. The van der Waals surface area contributed by atoms with E-state index in [0.717, 1.165) is 42.8 Å². The maximum absolute atomic E-state index is 11.0. The topological polar surface area (TPSA) is 49.4 Å². The first-order valence-corrected chi connectivity index (χ1v) is 14.6. The fourth-order valence-electron chi connectivity index (χ4n) is 5.65. The summed E-state index contributed by atoms with van der Waals surface area (Å²) >= 11 is 0. The van der Waals surface area contributed by atoms with Gasteiger partial charge in [-0.2, -0.15) is 0 Å². The Morgan fingerprint density at radius 1 is 0.800 bits per heavy atom. The van der Waals surface area contributed by atoms with Gasteiger partial charge in [-0.05, 0) is 95.6 Å². The van der Waals surface area contributed by atoms with Crippen molar-refractivity contribution in [2.75, 3.05) is 24.6 Å². The summed E-state index contributed by atoms with van der Waals surface area (Å²) in [5.41, 5.74) is 0. The Morgan fingerprint density at radius 2 is 1.40 bits per heavy atom. The van der Waals surface area contributed by atoms with Gasteiger partial charge in [0.2, 0.25) is 0 Å². The Kier molecular flexibility index (Phi) is 10.6. The van der Waals surface area contributed by atoms with Gasteiger partial charge in [-0.15, -0.1) is 0 Å². The summed E-state index contributed by atoms with van der Waals surface area (Å²) in [5, 5.41) is 3.69. The number of sulfone groups is 1. The first-order valence-electron chi connectivity index (χ1n) is 12.8. The van der Waals surface area contributed by atoms with Crippen molar-refractivity contribution in [3.05, 3.63) is 0 Å². The standard InChI is InChI=1S/C9H17N.C8H17N.C8H16O2S/c1-6(2)9-7-3-4-8(5-7)10-9;1-8(2)9-6-4-3-5-7-9;1-7(2)8-3-5-11(9,10)6-4-8/h6-10H,3-5H2,1-2H3;8H,3-7H2,1-2H3;7-8H,3-6H2,1-2H3/t7-,8+,9?;;/m0../s1. The normalized spacial score (nSPS) is 31.4. The molecule has 0 aromatic rings. The van der Waals surface area contributed by atoms with Crippen molar-refractivity contribution in [2.45, 2.75) is 111 Å². The van der Waals surface area contributed by atoms with Crippen molar-refractivity contribution in [2.24, 2.45) is 23.7 Å². The van der Waals surface area contributed by atoms with Crippen LogP contribution in [0.4, 0.5) is 0 Å². The fourth-order valence-corrected chi connectivity index (χ4v) is 7.18. The van der Waals surface area contributed by atoms with Gasteiger partial charge in [-0.3, -0.25) is 0 Å². The van der Waals surface area contributed by atoms with Crippen LogP contribution in [0.2, 0.25) is 0 Å². The minimum Gasteiger partial charge on any atom is -0.311 e. The quantitative estimate of drug-likeness (QED) is 0.658. The molecule has 5 heteroatoms. The molecule has 0 aromatic heterocycles. The lowest BCUT2D eigenvalue weighted by Gasteiger charge is -2.29. The Labute approximate surface area is 187 Å². The molecule has 4 nitrogen and oxygen atoms in total. The highest BCUT2D eigenvalue weighted by atomic mass is 32.2. The molecule has 1 aliphatic carbocycles. The van der Waals surface area contributed by atoms with Crippen LogP contribution in [0.3, 0.4) is 0 Å². The molecule has 1 N–H and O–H groups in total. The highest BCUT2D eigenvalue weighted by Gasteiger charge is 2.39. The average molecular weight is 443 g/mol. The highest BCUT2D eigenvalue weighted by Crippen LogP contribution is 2.37. The second-order valence-corrected chi connectivity index (χ2v) is 13.4. The number of rotatable bonds is 3. The largest absolute Gasteiger partial charge is 0.311 e. The third-order valence-electron chi connectivity index (χ3n) is 7.79. The van der Waals surface area contributed by atoms with Gasteiger partial charge < -0.3 is 10.2 Å². The smallest absolute Gasteiger partial charge is 0.150 e. The lowest BCUT2D eigenvalue weighted by atomic mass is 9.91. The fraction of sp³-hybridized carbons (Fsp3) is 1.00. The predicted molar refractivity (Wildman–Crippen MR) is 130 cm³/mol. The number of nitrogens with zero attached hydrogens (tertiary/aromatic N) is 1. The van der Waals surface area contributed by atoms with Gasteiger partial charge in [0.1, 0.15) is 9.84 Å². The van der Waals surface area contributed by atoms with E-state index in [1.54, 1.807) is 0 Å². The van der Waals surface area contributed by atoms with Crippen LogP contribution in [0.1, 0.15) is 92.9 Å². The van der Waals surface area contributed by atoms with Gasteiger partial charge in [0.15, 0.2) is 0 Å². The first kappa shape index (κ1) is 26.1. The summed E-state index contributed by atoms with van der Waals surface area (Å²) in [6.45, 7) is 16.2. The van der Waals surface area contributed by atoms with E-state index in [0.29, 0.717) is 23.3 Å². The molecule has 1 saturated carbocycles. The summed E-state index contributed by atoms with van der Waals surface area (Å²) < 4.78 is 22.0. The van der Waals surface area contributed by atoms with Crippen LogP contribution in [0, 0.1) is 23.7 Å². The second kappa shape index (κ2) is 12.2. The van der Waals surface area contributed by atoms with Crippen molar-refractivity contribution in [3.63, 3.8) is 0 Å². The van der Waals surface area contributed by atoms with E-state index in [1.807, 2.05) is 0 Å². The van der Waals surface area contributed by atoms with Gasteiger partial charge in [0.25, 0.3) is 0 Å². The third kappa shape index (κ3) is 8.43. The Hall–Kier alpha value is -0.130. The van der Waals surface area contributed by atoms with Crippen LogP contribution in [-0.4, -0.2) is 56.0 Å². The second-order valence-electron chi connectivity index (χ2n) is 11.1. The number of likely N-dealkylation sites (tertiary alicyclic amines) is 1. The van der Waals surface area contributed by atoms with Crippen LogP contribution < -0.4 is 5.32 Å². The Balaban J connectivity index is 0.000000161. The SMILES string of the molecule is CC(C)C1CCS(=O)(=O)CC1.CC(C)C1N[C@@H]2CC[C@H]1C2.CC(C)N1CCCCC1. The van der Waals surface area contributed by atoms with E-state index >= 15 is 0 Å². The zero-order chi connectivity index (χ0) is 22.3. The molecular formula is C25H50N2O2S. The molecule has 3 aliphatic heterocycles. The molecule has 4 aliphatic rings. The number of fused-ring (bicyclic) bond motifs is 2. The Bertz CT molecular complexity index is 568. The van der Waals surface area contributed by atoms with E-state index in [-0.39, 0.29) is 0 Å². The molecule has 178 valence electrons. The lowest BCUT2D eigenvalue weighted by Crippen LogP contribution is -2.39. The first-order chi connectivity index (χ1) is 14.1. The zero-order valence-corrected chi connectivity index (χ0v) is 21.5. The molecule has 0 amide bonds. The average Bonchev–Trinajstić information content (AvgIpc) is 3.33. The molecule has 3 saturated heterocycles. The number of nitrogens with one attached hydrogen (secondary N) is 1. The van der Waals surface area contributed by atoms with E-state index in [4.69, 9.17) is 0 Å². The zero-order valence-electron chi connectivity index (χ0n) is 20.7. The Morgan fingerprint density at radius 3 is 1.73 bits per heavy atom. The van der Waals surface area contributed by atoms with Gasteiger partial charge in [-0.25, -0.2) is 8.42 Å². The van der Waals surface area contributed by atoms with Gasteiger partial charge in [-0.1, -0.05) is 34.1 Å². The van der Waals surface area contributed by atoms with Crippen molar-refractivity contribution in [1.29, 1.82) is 0 Å². The molecule has 4 rings (SSSR count). The number of piperidine rings is 2. The monoisotopic (exact) mass is 442 g/mol. The van der Waals surface area contributed by atoms with Crippen molar-refractivity contribution < 1.29 is 8.42 Å². The summed E-state index contributed by atoms with van der Waals surface area (Å²) in [6.07, 6.45) is 10.4. The minimum absolute atomic E-state index is 0.413. The molecule has 0 radical (unpaired) electrons. The molecule has 3 atom stereocenters. The van der Waals surface area contributed by atoms with Crippen LogP contribution in [0.15, 0.2) is 0 Å². The lowest BCUT2D eigenvalue weighted by molar-refractivity contribution is 0.185. The summed E-state index contributed by atoms with van der Waals surface area (Å²) in [7, 11) is -2.65. The predicted octanol–water partition coefficient (Wildman–Crippen LogP) is 5.13. The highest BCUT2D eigenvalue weighted by molar-refractivity contribution is 7.91. The molecular weight excluding hydrogens is 392 g/mol. The maximum atomic E-state index is 11.0. The van der Waals surface area contributed by atoms with Crippen molar-refractivity contribution >= 4 is 9.84 Å². The van der Waals surface area contributed by atoms with Crippen LogP contribution in [0.5, 0.6) is 0 Å². The van der Waals surface area contributed by atoms with E-state index < -0.39 is 9.84 Å². The molecule has 30 heavy (non-hydrogen) atoms. The molecule has 3 heterocycles. The van der Waals surface area contributed by atoms with Crippen LogP contribution in [-0.2, 0) is 9.84 Å². The van der Waals surface area contributed by atoms with E-state index in [2.05, 4.69) is 51.8 Å². The van der Waals surface area contributed by atoms with Crippen LogP contribution in [0.25, 0.3) is 0 Å². The summed E-state index contributed by atoms with van der Waals surface area (Å²) in [6, 6.07) is 2.50.